The van der Waals surface area contributed by atoms with Crippen LogP contribution in [0.25, 0.3) is 11.3 Å². The van der Waals surface area contributed by atoms with Crippen molar-refractivity contribution in [2.75, 3.05) is 13.1 Å². The molecule has 7 heteroatoms. The van der Waals surface area contributed by atoms with E-state index in [4.69, 9.17) is 19.0 Å². The van der Waals surface area contributed by atoms with Crippen molar-refractivity contribution in [3.05, 3.63) is 42.2 Å². The van der Waals surface area contributed by atoms with Gasteiger partial charge in [-0.15, -0.1) is 0 Å². The zero-order chi connectivity index (χ0) is 18.9. The lowest BCUT2D eigenvalue weighted by Gasteiger charge is -2.44. The molecule has 3 heterocycles. The van der Waals surface area contributed by atoms with Crippen LogP contribution in [-0.4, -0.2) is 40.8 Å². The maximum absolute atomic E-state index is 12.1. The van der Waals surface area contributed by atoms with Crippen LogP contribution < -0.4 is 4.74 Å². The third-order valence-corrected chi connectivity index (χ3v) is 5.08. The van der Waals surface area contributed by atoms with Gasteiger partial charge in [-0.05, 0) is 30.3 Å². The second-order valence-electron chi connectivity index (χ2n) is 6.88. The molecule has 0 saturated carbocycles. The molecule has 0 radical (unpaired) electrons. The molecule has 1 saturated heterocycles. The average molecular weight is 371 g/mol. The number of aliphatic carboxylic acids is 1. The summed E-state index contributed by atoms with van der Waals surface area (Å²) in [7, 11) is 0. The highest BCUT2D eigenvalue weighted by Crippen LogP contribution is 2.39. The molecule has 1 fully saturated rings. The van der Waals surface area contributed by atoms with Gasteiger partial charge in [-0.1, -0.05) is 0 Å². The van der Waals surface area contributed by atoms with Crippen molar-refractivity contribution in [1.29, 1.82) is 0 Å². The van der Waals surface area contributed by atoms with Crippen molar-refractivity contribution in [3.8, 4) is 17.1 Å². The Bertz CT molecular complexity index is 836. The average Bonchev–Trinajstić information content (AvgIpc) is 3.21. The van der Waals surface area contributed by atoms with Crippen molar-refractivity contribution in [2.24, 2.45) is 0 Å². The van der Waals surface area contributed by atoms with Gasteiger partial charge in [0.1, 0.15) is 11.5 Å². The first kappa shape index (κ1) is 17.6. The zero-order valence-corrected chi connectivity index (χ0v) is 14.8. The van der Waals surface area contributed by atoms with E-state index in [1.807, 2.05) is 30.3 Å². The van der Waals surface area contributed by atoms with Crippen LogP contribution in [0.15, 0.2) is 41.0 Å². The summed E-state index contributed by atoms with van der Waals surface area (Å²) in [5, 5.41) is 8.72. The Morgan fingerprint density at radius 1 is 1.15 bits per heavy atom. The van der Waals surface area contributed by atoms with Gasteiger partial charge in [-0.25, -0.2) is 0 Å². The molecular weight excluding hydrogens is 350 g/mol. The molecule has 1 amide bonds. The molecule has 2 aromatic rings. The molecule has 0 unspecified atom stereocenters. The second-order valence-corrected chi connectivity index (χ2v) is 6.88. The van der Waals surface area contributed by atoms with E-state index < -0.39 is 11.8 Å². The fourth-order valence-electron chi connectivity index (χ4n) is 3.54. The van der Waals surface area contributed by atoms with E-state index in [-0.39, 0.29) is 18.7 Å². The fourth-order valence-corrected chi connectivity index (χ4v) is 3.54. The van der Waals surface area contributed by atoms with E-state index in [2.05, 4.69) is 0 Å². The number of carboxylic acids is 1. The fraction of sp³-hybridized carbons (Fsp3) is 0.400. The molecule has 7 nitrogen and oxygen atoms in total. The number of hydrogen-bond acceptors (Lipinski definition) is 5. The van der Waals surface area contributed by atoms with Crippen LogP contribution >= 0.6 is 0 Å². The highest BCUT2D eigenvalue weighted by molar-refractivity contribution is 5.80. The normalized spacial score (nSPS) is 18.0. The molecule has 27 heavy (non-hydrogen) atoms. The number of likely N-dealkylation sites (tertiary alicyclic amines) is 1. The van der Waals surface area contributed by atoms with Crippen molar-refractivity contribution < 1.29 is 28.6 Å². The van der Waals surface area contributed by atoms with E-state index in [1.165, 1.54) is 0 Å². The molecule has 2 aliphatic heterocycles. The highest BCUT2D eigenvalue weighted by atomic mass is 16.7. The number of fused-ring (bicyclic) bond motifs is 1. The van der Waals surface area contributed by atoms with Crippen molar-refractivity contribution in [3.63, 3.8) is 0 Å². The van der Waals surface area contributed by atoms with Crippen LogP contribution in [0.1, 0.15) is 31.2 Å². The predicted octanol–water partition coefficient (Wildman–Crippen LogP) is 3.04. The number of furan rings is 1. The molecule has 1 N–H and O–H groups in total. The highest BCUT2D eigenvalue weighted by Gasteiger charge is 2.41. The van der Waals surface area contributed by atoms with Gasteiger partial charge in [-0.2, -0.15) is 0 Å². The van der Waals surface area contributed by atoms with Gasteiger partial charge >= 0.3 is 5.97 Å². The molecule has 0 atom stereocenters. The SMILES string of the molecule is O=C(O)CCC(=O)N1CCC2(CC1)OCc1cc(-c3ccco3)ccc1O2. The van der Waals surface area contributed by atoms with E-state index in [9.17, 15) is 9.59 Å². The number of rotatable bonds is 4. The van der Waals surface area contributed by atoms with Gasteiger partial charge in [0.2, 0.25) is 11.7 Å². The minimum Gasteiger partial charge on any atom is -0.481 e. The lowest BCUT2D eigenvalue weighted by Crippen LogP contribution is -2.52. The number of carbonyl (C=O) groups is 2. The smallest absolute Gasteiger partial charge is 0.303 e. The minimum absolute atomic E-state index is 0.0302. The number of carboxylic acid groups (broad SMARTS) is 1. The number of piperidine rings is 1. The first-order valence-corrected chi connectivity index (χ1v) is 9.04. The van der Waals surface area contributed by atoms with E-state index in [0.29, 0.717) is 32.5 Å². The van der Waals surface area contributed by atoms with Crippen molar-refractivity contribution in [2.45, 2.75) is 38.1 Å². The molecule has 4 rings (SSSR count). The van der Waals surface area contributed by atoms with Crippen LogP contribution in [0.5, 0.6) is 5.75 Å². The lowest BCUT2D eigenvalue weighted by molar-refractivity contribution is -0.227. The first-order valence-electron chi connectivity index (χ1n) is 9.04. The maximum Gasteiger partial charge on any atom is 0.303 e. The summed E-state index contributed by atoms with van der Waals surface area (Å²) in [5.41, 5.74) is 1.94. The van der Waals surface area contributed by atoms with Gasteiger partial charge in [0.25, 0.3) is 0 Å². The molecule has 1 spiro atoms. The third-order valence-electron chi connectivity index (χ3n) is 5.08. The summed E-state index contributed by atoms with van der Waals surface area (Å²) >= 11 is 0. The summed E-state index contributed by atoms with van der Waals surface area (Å²) in [5.74, 6) is -0.218. The van der Waals surface area contributed by atoms with E-state index >= 15 is 0 Å². The first-order chi connectivity index (χ1) is 13.0. The van der Waals surface area contributed by atoms with Gasteiger partial charge < -0.3 is 23.9 Å². The van der Waals surface area contributed by atoms with Gasteiger partial charge in [0, 0.05) is 43.5 Å². The summed E-state index contributed by atoms with van der Waals surface area (Å²) in [6.45, 7) is 1.44. The number of ether oxygens (including phenoxy) is 2. The van der Waals surface area contributed by atoms with Gasteiger partial charge in [0.15, 0.2) is 0 Å². The van der Waals surface area contributed by atoms with Crippen molar-refractivity contribution >= 4 is 11.9 Å². The van der Waals surface area contributed by atoms with Crippen LogP contribution in [-0.2, 0) is 20.9 Å². The Hall–Kier alpha value is -2.80. The monoisotopic (exact) mass is 371 g/mol. The third kappa shape index (κ3) is 3.68. The van der Waals surface area contributed by atoms with Crippen LogP contribution in [0.2, 0.25) is 0 Å². The Labute approximate surface area is 156 Å². The van der Waals surface area contributed by atoms with E-state index in [1.54, 1.807) is 11.2 Å². The predicted molar refractivity (Wildman–Crippen MR) is 95.0 cm³/mol. The minimum atomic E-state index is -0.957. The summed E-state index contributed by atoms with van der Waals surface area (Å²) in [4.78, 5) is 24.4. The quantitative estimate of drug-likeness (QED) is 0.889. The van der Waals surface area contributed by atoms with Crippen LogP contribution in [0, 0.1) is 0 Å². The summed E-state index contributed by atoms with van der Waals surface area (Å²) < 4.78 is 17.7. The Balaban J connectivity index is 1.40. The number of nitrogens with zero attached hydrogens (tertiary/aromatic N) is 1. The van der Waals surface area contributed by atoms with Gasteiger partial charge in [0.05, 0.1) is 19.3 Å². The van der Waals surface area contributed by atoms with Crippen molar-refractivity contribution in [1.82, 2.24) is 4.90 Å². The van der Waals surface area contributed by atoms with E-state index in [0.717, 1.165) is 22.6 Å². The molecule has 1 aromatic heterocycles. The Morgan fingerprint density at radius 2 is 1.96 bits per heavy atom. The standard InChI is InChI=1S/C20H21NO6/c22-18(5-6-19(23)24)21-9-7-20(8-10-21)26-13-15-12-14(3-4-17(15)27-20)16-2-1-11-25-16/h1-4,11-12H,5-10,13H2,(H,23,24). The Morgan fingerprint density at radius 3 is 2.67 bits per heavy atom. The molecular formula is C20H21NO6. The zero-order valence-electron chi connectivity index (χ0n) is 14.8. The molecule has 142 valence electrons. The number of amides is 1. The molecule has 0 aliphatic carbocycles. The topological polar surface area (TPSA) is 89.2 Å². The molecule has 0 bridgehead atoms. The maximum atomic E-state index is 12.1. The van der Waals surface area contributed by atoms with Crippen LogP contribution in [0.4, 0.5) is 0 Å². The van der Waals surface area contributed by atoms with Gasteiger partial charge in [-0.3, -0.25) is 9.59 Å². The summed E-state index contributed by atoms with van der Waals surface area (Å²) in [6.07, 6.45) is 2.65. The second kappa shape index (κ2) is 7.08. The summed E-state index contributed by atoms with van der Waals surface area (Å²) in [6, 6.07) is 9.65. The molecule has 1 aromatic carbocycles. The number of benzene rings is 1. The lowest BCUT2D eigenvalue weighted by atomic mass is 10.00. The number of carbonyl (C=O) groups excluding carboxylic acids is 1. The Kier molecular flexibility index (Phi) is 4.61. The largest absolute Gasteiger partial charge is 0.481 e. The molecule has 2 aliphatic rings. The van der Waals surface area contributed by atoms with Crippen LogP contribution in [0.3, 0.4) is 0 Å². The number of hydrogen-bond donors (Lipinski definition) is 1.